The minimum Gasteiger partial charge on any atom is -0.399 e. The molecule has 0 spiro atoms. The summed E-state index contributed by atoms with van der Waals surface area (Å²) >= 11 is 0. The Hall–Kier alpha value is -1.37. The third-order valence-corrected chi connectivity index (χ3v) is 5.76. The highest BCUT2D eigenvalue weighted by Crippen LogP contribution is 2.37. The van der Waals surface area contributed by atoms with Crippen molar-refractivity contribution in [2.75, 3.05) is 13.2 Å². The summed E-state index contributed by atoms with van der Waals surface area (Å²) in [7, 11) is -0.346. The van der Waals surface area contributed by atoms with E-state index >= 15 is 0 Å². The summed E-state index contributed by atoms with van der Waals surface area (Å²) < 4.78 is 20.4. The SMILES string of the molecule is CC1(C)OB(c2cn(C3CCOCC3)c3cnccc23)OC1(C)C. The first-order chi connectivity index (χ1) is 11.4. The van der Waals surface area contributed by atoms with Gasteiger partial charge < -0.3 is 18.6 Å². The molecule has 4 heterocycles. The highest BCUT2D eigenvalue weighted by atomic mass is 16.7. The molecule has 0 aliphatic carbocycles. The molecule has 0 N–H and O–H groups in total. The molecule has 0 atom stereocenters. The van der Waals surface area contributed by atoms with Crippen molar-refractivity contribution in [3.8, 4) is 0 Å². The van der Waals surface area contributed by atoms with Gasteiger partial charge in [0.05, 0.1) is 22.9 Å². The zero-order chi connectivity index (χ0) is 16.9. The molecule has 128 valence electrons. The first kappa shape index (κ1) is 16.1. The molecule has 2 aromatic rings. The van der Waals surface area contributed by atoms with Crippen molar-refractivity contribution < 1.29 is 14.0 Å². The van der Waals surface area contributed by atoms with Gasteiger partial charge in [0.2, 0.25) is 0 Å². The van der Waals surface area contributed by atoms with Crippen LogP contribution in [-0.4, -0.2) is 41.1 Å². The lowest BCUT2D eigenvalue weighted by atomic mass is 9.79. The molecule has 2 aromatic heterocycles. The molecule has 0 bridgehead atoms. The van der Waals surface area contributed by atoms with Gasteiger partial charge in [-0.05, 0) is 46.6 Å². The van der Waals surface area contributed by atoms with Gasteiger partial charge in [0.1, 0.15) is 0 Å². The van der Waals surface area contributed by atoms with E-state index in [4.69, 9.17) is 14.0 Å². The number of rotatable bonds is 2. The standard InChI is InChI=1S/C18H25BN2O3/c1-17(2)18(3,4)24-19(23-17)15-12-21(13-6-9-22-10-7-13)16-11-20-8-5-14(15)16/h5,8,11-13H,6-7,9-10H2,1-4H3. The van der Waals surface area contributed by atoms with E-state index in [0.717, 1.165) is 42.4 Å². The zero-order valence-electron chi connectivity index (χ0n) is 14.9. The van der Waals surface area contributed by atoms with E-state index < -0.39 is 0 Å². The van der Waals surface area contributed by atoms with Gasteiger partial charge in [-0.2, -0.15) is 0 Å². The molecule has 2 aliphatic heterocycles. The maximum absolute atomic E-state index is 6.28. The second kappa shape index (κ2) is 5.58. The van der Waals surface area contributed by atoms with E-state index in [1.54, 1.807) is 0 Å². The van der Waals surface area contributed by atoms with Crippen LogP contribution in [-0.2, 0) is 14.0 Å². The van der Waals surface area contributed by atoms with E-state index in [1.165, 1.54) is 0 Å². The Balaban J connectivity index is 1.77. The summed E-state index contributed by atoms with van der Waals surface area (Å²) in [6.45, 7) is 9.99. The van der Waals surface area contributed by atoms with E-state index in [1.807, 2.05) is 12.4 Å². The Labute approximate surface area is 143 Å². The normalized spacial score (nSPS) is 23.9. The minimum absolute atomic E-state index is 0.336. The van der Waals surface area contributed by atoms with Gasteiger partial charge in [-0.25, -0.2) is 0 Å². The van der Waals surface area contributed by atoms with Crippen LogP contribution in [0.25, 0.3) is 10.9 Å². The Morgan fingerprint density at radius 2 is 1.79 bits per heavy atom. The molecule has 0 saturated carbocycles. The smallest absolute Gasteiger partial charge is 0.399 e. The fraction of sp³-hybridized carbons (Fsp3) is 0.611. The summed E-state index contributed by atoms with van der Waals surface area (Å²) in [6, 6.07) is 2.51. The summed E-state index contributed by atoms with van der Waals surface area (Å²) in [6.07, 6.45) is 8.04. The van der Waals surface area contributed by atoms with Crippen LogP contribution in [0.5, 0.6) is 0 Å². The van der Waals surface area contributed by atoms with E-state index in [2.05, 4.69) is 49.5 Å². The highest BCUT2D eigenvalue weighted by Gasteiger charge is 2.52. The number of pyridine rings is 1. The van der Waals surface area contributed by atoms with Gasteiger partial charge in [-0.15, -0.1) is 0 Å². The number of fused-ring (bicyclic) bond motifs is 1. The molecule has 2 aliphatic rings. The number of hydrogen-bond donors (Lipinski definition) is 0. The number of hydrogen-bond acceptors (Lipinski definition) is 4. The first-order valence-corrected chi connectivity index (χ1v) is 8.77. The van der Waals surface area contributed by atoms with Crippen molar-refractivity contribution in [3.63, 3.8) is 0 Å². The van der Waals surface area contributed by atoms with Gasteiger partial charge >= 0.3 is 7.12 Å². The summed E-state index contributed by atoms with van der Waals surface area (Å²) in [5, 5.41) is 1.16. The van der Waals surface area contributed by atoms with Crippen molar-refractivity contribution in [2.45, 2.75) is 57.8 Å². The predicted molar refractivity (Wildman–Crippen MR) is 94.5 cm³/mol. The van der Waals surface area contributed by atoms with Crippen LogP contribution in [0.4, 0.5) is 0 Å². The van der Waals surface area contributed by atoms with Gasteiger partial charge in [0, 0.05) is 42.5 Å². The molecular weight excluding hydrogens is 303 g/mol. The second-order valence-electron chi connectivity index (χ2n) is 7.82. The molecule has 24 heavy (non-hydrogen) atoms. The van der Waals surface area contributed by atoms with Crippen molar-refractivity contribution >= 4 is 23.5 Å². The van der Waals surface area contributed by atoms with Crippen molar-refractivity contribution in [1.82, 2.24) is 9.55 Å². The maximum Gasteiger partial charge on any atom is 0.497 e. The highest BCUT2D eigenvalue weighted by molar-refractivity contribution is 6.65. The van der Waals surface area contributed by atoms with Crippen LogP contribution in [0.2, 0.25) is 0 Å². The monoisotopic (exact) mass is 328 g/mol. The lowest BCUT2D eigenvalue weighted by molar-refractivity contribution is 0.00578. The van der Waals surface area contributed by atoms with Gasteiger partial charge in [-0.1, -0.05) is 0 Å². The number of nitrogens with zero attached hydrogens (tertiary/aromatic N) is 2. The van der Waals surface area contributed by atoms with Crippen molar-refractivity contribution in [1.29, 1.82) is 0 Å². The van der Waals surface area contributed by atoms with Crippen molar-refractivity contribution in [3.05, 3.63) is 24.7 Å². The van der Waals surface area contributed by atoms with Gasteiger partial charge in [0.25, 0.3) is 0 Å². The molecule has 2 saturated heterocycles. The van der Waals surface area contributed by atoms with Crippen LogP contribution in [0, 0.1) is 0 Å². The molecule has 2 fully saturated rings. The summed E-state index contributed by atoms with van der Waals surface area (Å²) in [5.41, 5.74) is 1.57. The lowest BCUT2D eigenvalue weighted by Crippen LogP contribution is -2.41. The van der Waals surface area contributed by atoms with E-state index in [0.29, 0.717) is 6.04 Å². The van der Waals surface area contributed by atoms with Gasteiger partial charge in [-0.3, -0.25) is 4.98 Å². The first-order valence-electron chi connectivity index (χ1n) is 8.77. The van der Waals surface area contributed by atoms with Crippen LogP contribution in [0.1, 0.15) is 46.6 Å². The molecule has 0 radical (unpaired) electrons. The third-order valence-electron chi connectivity index (χ3n) is 5.76. The summed E-state index contributed by atoms with van der Waals surface area (Å²) in [4.78, 5) is 4.33. The van der Waals surface area contributed by atoms with Gasteiger partial charge in [0.15, 0.2) is 0 Å². The predicted octanol–water partition coefficient (Wildman–Crippen LogP) is 2.69. The van der Waals surface area contributed by atoms with Crippen LogP contribution < -0.4 is 5.46 Å². The largest absolute Gasteiger partial charge is 0.497 e. The molecule has 4 rings (SSSR count). The Morgan fingerprint density at radius 1 is 1.12 bits per heavy atom. The average Bonchev–Trinajstić information content (AvgIpc) is 3.03. The zero-order valence-corrected chi connectivity index (χ0v) is 14.9. The molecule has 0 aromatic carbocycles. The lowest BCUT2D eigenvalue weighted by Gasteiger charge is -2.32. The van der Waals surface area contributed by atoms with E-state index in [-0.39, 0.29) is 18.3 Å². The maximum atomic E-state index is 6.28. The Morgan fingerprint density at radius 3 is 2.46 bits per heavy atom. The fourth-order valence-corrected chi connectivity index (χ4v) is 3.55. The van der Waals surface area contributed by atoms with Crippen LogP contribution >= 0.6 is 0 Å². The molecule has 6 heteroatoms. The minimum atomic E-state index is -0.346. The van der Waals surface area contributed by atoms with Crippen LogP contribution in [0.15, 0.2) is 24.7 Å². The Bertz CT molecular complexity index is 734. The molecule has 0 unspecified atom stereocenters. The quantitative estimate of drug-likeness (QED) is 0.795. The molecule has 5 nitrogen and oxygen atoms in total. The Kier molecular flexibility index (Phi) is 3.75. The summed E-state index contributed by atoms with van der Waals surface area (Å²) in [5.74, 6) is 0. The second-order valence-corrected chi connectivity index (χ2v) is 7.82. The number of aromatic nitrogens is 2. The molecule has 0 amide bonds. The van der Waals surface area contributed by atoms with E-state index in [9.17, 15) is 0 Å². The average molecular weight is 328 g/mol. The topological polar surface area (TPSA) is 45.5 Å². The third kappa shape index (κ3) is 2.48. The van der Waals surface area contributed by atoms with Crippen LogP contribution in [0.3, 0.4) is 0 Å². The number of ether oxygens (including phenoxy) is 1. The van der Waals surface area contributed by atoms with Crippen molar-refractivity contribution in [2.24, 2.45) is 0 Å². The molecular formula is C18H25BN2O3. The fourth-order valence-electron chi connectivity index (χ4n) is 3.55.